The molecule has 2 amide bonds. The third-order valence-electron chi connectivity index (χ3n) is 3.53. The lowest BCUT2D eigenvalue weighted by molar-refractivity contribution is -0.147. The molecule has 0 aromatic carbocycles. The zero-order valence-corrected chi connectivity index (χ0v) is 17.0. The molecule has 0 radical (unpaired) electrons. The molecule has 0 saturated heterocycles. The summed E-state index contributed by atoms with van der Waals surface area (Å²) in [6.07, 6.45) is 3.42. The van der Waals surface area contributed by atoms with Gasteiger partial charge in [0, 0.05) is 0 Å². The molecule has 0 aromatic rings. The summed E-state index contributed by atoms with van der Waals surface area (Å²) in [4.78, 5) is 36.4. The molecule has 2 atom stereocenters. The van der Waals surface area contributed by atoms with Crippen molar-refractivity contribution < 1.29 is 23.9 Å². The smallest absolute Gasteiger partial charge is 0.407 e. The molecule has 2 unspecified atom stereocenters. The monoisotopic (exact) mass is 412 g/mol. The largest absolute Gasteiger partial charge is 0.463 e. The molecule has 26 heavy (non-hydrogen) atoms. The minimum Gasteiger partial charge on any atom is -0.463 e. The highest BCUT2D eigenvalue weighted by atomic mass is 35.5. The van der Waals surface area contributed by atoms with Crippen LogP contribution < -0.4 is 10.6 Å². The predicted molar refractivity (Wildman–Crippen MR) is 102 cm³/mol. The van der Waals surface area contributed by atoms with Gasteiger partial charge in [-0.25, -0.2) is 9.59 Å². The summed E-state index contributed by atoms with van der Waals surface area (Å²) in [5.41, 5.74) is 0. The van der Waals surface area contributed by atoms with Gasteiger partial charge in [-0.05, 0) is 12.8 Å². The van der Waals surface area contributed by atoms with Crippen LogP contribution in [0, 0.1) is 0 Å². The van der Waals surface area contributed by atoms with Crippen molar-refractivity contribution >= 4 is 41.2 Å². The Morgan fingerprint density at radius 1 is 0.846 bits per heavy atom. The van der Waals surface area contributed by atoms with Gasteiger partial charge in [-0.2, -0.15) is 0 Å². The lowest BCUT2D eigenvalue weighted by atomic mass is 10.1. The molecule has 0 heterocycles. The highest BCUT2D eigenvalue weighted by Gasteiger charge is 2.27. The number of unbranched alkanes of at least 4 members (excludes halogenated alkanes) is 2. The summed E-state index contributed by atoms with van der Waals surface area (Å²) in [5, 5.41) is 5.20. The third kappa shape index (κ3) is 11.4. The average molecular weight is 413 g/mol. The van der Waals surface area contributed by atoms with Crippen LogP contribution >= 0.6 is 23.2 Å². The molecular formula is C17H30Cl2N2O5. The van der Waals surface area contributed by atoms with Gasteiger partial charge in [0.25, 0.3) is 0 Å². The Morgan fingerprint density at radius 2 is 1.38 bits per heavy atom. The van der Waals surface area contributed by atoms with Gasteiger partial charge in [-0.15, -0.1) is 23.2 Å². The van der Waals surface area contributed by atoms with E-state index in [1.54, 1.807) is 0 Å². The fourth-order valence-corrected chi connectivity index (χ4v) is 2.32. The second kappa shape index (κ2) is 16.0. The highest BCUT2D eigenvalue weighted by molar-refractivity contribution is 6.18. The van der Waals surface area contributed by atoms with Crippen LogP contribution in [0.1, 0.15) is 52.4 Å². The molecule has 0 rings (SSSR count). The molecule has 9 heteroatoms. The fourth-order valence-electron chi connectivity index (χ4n) is 2.16. The standard InChI is InChI=1S/C17H30Cl2N2O5/c1-3-5-7-13(21-17(24)26-12-10-19)15(22)20-14(8-6-4-2)16(23)25-11-9-18/h13-14H,3-12H2,1-2H3,(H,20,22)(H,21,24). The first kappa shape index (κ1) is 24.8. The molecule has 0 bridgehead atoms. The number of nitrogens with one attached hydrogen (secondary N) is 2. The van der Waals surface area contributed by atoms with Crippen LogP contribution in [0.4, 0.5) is 4.79 Å². The number of hydrogen-bond donors (Lipinski definition) is 2. The van der Waals surface area contributed by atoms with Crippen LogP contribution in [0.3, 0.4) is 0 Å². The van der Waals surface area contributed by atoms with E-state index in [4.69, 9.17) is 32.7 Å². The number of hydrogen-bond acceptors (Lipinski definition) is 5. The van der Waals surface area contributed by atoms with Crippen molar-refractivity contribution in [3.05, 3.63) is 0 Å². The summed E-state index contributed by atoms with van der Waals surface area (Å²) >= 11 is 11.0. The van der Waals surface area contributed by atoms with Crippen LogP contribution in [0.15, 0.2) is 0 Å². The molecule has 0 spiro atoms. The van der Waals surface area contributed by atoms with E-state index in [9.17, 15) is 14.4 Å². The number of rotatable bonds is 14. The van der Waals surface area contributed by atoms with Crippen molar-refractivity contribution in [3.63, 3.8) is 0 Å². The lowest BCUT2D eigenvalue weighted by Crippen LogP contribution is -2.52. The Bertz CT molecular complexity index is 424. The minimum absolute atomic E-state index is 0.0549. The lowest BCUT2D eigenvalue weighted by Gasteiger charge is -2.22. The van der Waals surface area contributed by atoms with Gasteiger partial charge in [0.2, 0.25) is 5.91 Å². The highest BCUT2D eigenvalue weighted by Crippen LogP contribution is 2.07. The summed E-state index contributed by atoms with van der Waals surface area (Å²) in [7, 11) is 0. The van der Waals surface area contributed by atoms with Gasteiger partial charge in [0.15, 0.2) is 0 Å². The molecule has 152 valence electrons. The van der Waals surface area contributed by atoms with Crippen molar-refractivity contribution in [1.82, 2.24) is 10.6 Å². The third-order valence-corrected chi connectivity index (χ3v) is 3.84. The molecule has 0 aromatic heterocycles. The molecule has 0 aliphatic rings. The first-order chi connectivity index (χ1) is 12.5. The first-order valence-corrected chi connectivity index (χ1v) is 10.1. The second-order valence-electron chi connectivity index (χ2n) is 5.72. The van der Waals surface area contributed by atoms with E-state index in [1.807, 2.05) is 13.8 Å². The summed E-state index contributed by atoms with van der Waals surface area (Å²) in [6.45, 7) is 4.11. The number of amides is 2. The molecule has 0 aliphatic heterocycles. The molecule has 0 aliphatic carbocycles. The summed E-state index contributed by atoms with van der Waals surface area (Å²) in [5.74, 6) is -0.602. The van der Waals surface area contributed by atoms with Crippen LogP contribution in [-0.2, 0) is 19.1 Å². The van der Waals surface area contributed by atoms with Gasteiger partial charge in [-0.3, -0.25) is 4.79 Å². The van der Waals surface area contributed by atoms with Gasteiger partial charge < -0.3 is 20.1 Å². The summed E-state index contributed by atoms with van der Waals surface area (Å²) in [6, 6.07) is -1.56. The Morgan fingerprint density at radius 3 is 1.92 bits per heavy atom. The van der Waals surface area contributed by atoms with Crippen LogP contribution in [0.25, 0.3) is 0 Å². The molecule has 0 saturated carbocycles. The first-order valence-electron chi connectivity index (χ1n) is 9.02. The van der Waals surface area contributed by atoms with Gasteiger partial charge >= 0.3 is 12.1 Å². The predicted octanol–water partition coefficient (Wildman–Crippen LogP) is 2.97. The zero-order chi connectivity index (χ0) is 19.8. The molecule has 7 nitrogen and oxygen atoms in total. The maximum absolute atomic E-state index is 12.6. The fraction of sp³-hybridized carbons (Fsp3) is 0.824. The average Bonchev–Trinajstić information content (AvgIpc) is 2.64. The molecule has 2 N–H and O–H groups in total. The quantitative estimate of drug-likeness (QED) is 0.337. The van der Waals surface area contributed by atoms with Gasteiger partial charge in [0.05, 0.1) is 11.8 Å². The van der Waals surface area contributed by atoms with E-state index in [1.165, 1.54) is 0 Å². The summed E-state index contributed by atoms with van der Waals surface area (Å²) < 4.78 is 9.89. The normalized spacial score (nSPS) is 12.8. The van der Waals surface area contributed by atoms with Gasteiger partial charge in [-0.1, -0.05) is 39.5 Å². The van der Waals surface area contributed by atoms with Gasteiger partial charge in [0.1, 0.15) is 25.3 Å². The maximum Gasteiger partial charge on any atom is 0.407 e. The topological polar surface area (TPSA) is 93.7 Å². The van der Waals surface area contributed by atoms with E-state index in [0.29, 0.717) is 12.8 Å². The van der Waals surface area contributed by atoms with E-state index in [-0.39, 0.29) is 25.0 Å². The number of carbonyl (C=O) groups is 3. The molecular weight excluding hydrogens is 383 g/mol. The van der Waals surface area contributed by atoms with Crippen molar-refractivity contribution in [2.75, 3.05) is 25.0 Å². The van der Waals surface area contributed by atoms with E-state index < -0.39 is 30.1 Å². The Labute approximate surface area is 165 Å². The number of alkyl carbamates (subject to hydrolysis) is 1. The number of esters is 1. The van der Waals surface area contributed by atoms with E-state index >= 15 is 0 Å². The van der Waals surface area contributed by atoms with Crippen molar-refractivity contribution in [2.45, 2.75) is 64.5 Å². The SMILES string of the molecule is CCCCC(NC(=O)OCCCl)C(=O)NC(CCCC)C(=O)OCCCl. The second-order valence-corrected chi connectivity index (χ2v) is 6.48. The van der Waals surface area contributed by atoms with Crippen molar-refractivity contribution in [2.24, 2.45) is 0 Å². The Balaban J connectivity index is 4.88. The number of carbonyl (C=O) groups excluding carboxylic acids is 3. The Kier molecular flexibility index (Phi) is 15.3. The van der Waals surface area contributed by atoms with Crippen LogP contribution in [-0.4, -0.2) is 55.0 Å². The molecule has 0 fully saturated rings. The maximum atomic E-state index is 12.6. The van der Waals surface area contributed by atoms with E-state index in [0.717, 1.165) is 25.7 Å². The number of ether oxygens (including phenoxy) is 2. The van der Waals surface area contributed by atoms with Crippen LogP contribution in [0.2, 0.25) is 0 Å². The van der Waals surface area contributed by atoms with Crippen LogP contribution in [0.5, 0.6) is 0 Å². The number of alkyl halides is 2. The van der Waals surface area contributed by atoms with Crippen molar-refractivity contribution in [3.8, 4) is 0 Å². The van der Waals surface area contributed by atoms with Crippen molar-refractivity contribution in [1.29, 1.82) is 0 Å². The Hall–Kier alpha value is -1.21. The minimum atomic E-state index is -0.789. The number of halogens is 2. The van der Waals surface area contributed by atoms with E-state index in [2.05, 4.69) is 10.6 Å². The zero-order valence-electron chi connectivity index (χ0n) is 15.5.